The minimum atomic E-state index is -0.230. The summed E-state index contributed by atoms with van der Waals surface area (Å²) in [5, 5.41) is 6.43. The van der Waals surface area contributed by atoms with Crippen LogP contribution in [0.5, 0.6) is 0 Å². The van der Waals surface area contributed by atoms with E-state index in [1.54, 1.807) is 0 Å². The van der Waals surface area contributed by atoms with E-state index in [9.17, 15) is 4.79 Å². The van der Waals surface area contributed by atoms with Crippen LogP contribution in [0.4, 0.5) is 4.79 Å². The Morgan fingerprint density at radius 3 is 2.65 bits per heavy atom. The lowest BCUT2D eigenvalue weighted by molar-refractivity contribution is 0.0121. The van der Waals surface area contributed by atoms with Crippen molar-refractivity contribution in [3.05, 3.63) is 58.5 Å². The van der Waals surface area contributed by atoms with E-state index < -0.39 is 0 Å². The van der Waals surface area contributed by atoms with Crippen LogP contribution in [0.1, 0.15) is 23.1 Å². The number of carbonyl (C=O) groups excluding carboxylic acids is 1. The number of morpholine rings is 1. The van der Waals surface area contributed by atoms with Gasteiger partial charge >= 0.3 is 6.03 Å². The van der Waals surface area contributed by atoms with Crippen LogP contribution >= 0.6 is 11.6 Å². The van der Waals surface area contributed by atoms with E-state index in [1.165, 1.54) is 0 Å². The number of hydrogen-bond donors (Lipinski definition) is 2. The molecule has 2 amide bonds. The Bertz CT molecular complexity index is 728. The molecule has 1 unspecified atom stereocenters. The Hall–Kier alpha value is -2.02. The topological polar surface area (TPSA) is 66.7 Å². The Kier molecular flexibility index (Phi) is 6.55. The summed E-state index contributed by atoms with van der Waals surface area (Å²) in [6.45, 7) is 5.77. The van der Waals surface area contributed by atoms with Crippen molar-refractivity contribution in [2.75, 3.05) is 32.8 Å². The maximum absolute atomic E-state index is 12.2. The van der Waals surface area contributed by atoms with Gasteiger partial charge in [-0.15, -0.1) is 0 Å². The molecule has 1 saturated heterocycles. The highest BCUT2D eigenvalue weighted by Crippen LogP contribution is 2.23. The van der Waals surface area contributed by atoms with Gasteiger partial charge in [0.25, 0.3) is 0 Å². The molecule has 0 bridgehead atoms. The highest BCUT2D eigenvalue weighted by atomic mass is 35.5. The molecule has 1 aliphatic heterocycles. The zero-order valence-corrected chi connectivity index (χ0v) is 15.6. The number of nitrogens with one attached hydrogen (secondary N) is 2. The minimum Gasteiger partial charge on any atom is -0.465 e. The second-order valence-electron chi connectivity index (χ2n) is 6.27. The summed E-state index contributed by atoms with van der Waals surface area (Å²) in [5.74, 6) is 1.72. The van der Waals surface area contributed by atoms with Crippen LogP contribution in [0.2, 0.25) is 5.02 Å². The van der Waals surface area contributed by atoms with Crippen molar-refractivity contribution in [2.24, 2.45) is 0 Å². The molecule has 1 fully saturated rings. The third kappa shape index (κ3) is 5.00. The number of amides is 2. The first-order valence-corrected chi connectivity index (χ1v) is 9.14. The van der Waals surface area contributed by atoms with Crippen LogP contribution in [0.25, 0.3) is 0 Å². The summed E-state index contributed by atoms with van der Waals surface area (Å²) in [6, 6.07) is 11.1. The molecule has 26 heavy (non-hydrogen) atoms. The summed E-state index contributed by atoms with van der Waals surface area (Å²) in [6.07, 6.45) is 0. The first kappa shape index (κ1) is 18.8. The number of urea groups is 1. The maximum Gasteiger partial charge on any atom is 0.315 e. The van der Waals surface area contributed by atoms with Gasteiger partial charge in [-0.1, -0.05) is 29.8 Å². The predicted molar refractivity (Wildman–Crippen MR) is 100 cm³/mol. The molecular weight excluding hydrogens is 354 g/mol. The summed E-state index contributed by atoms with van der Waals surface area (Å²) < 4.78 is 11.2. The first-order valence-electron chi connectivity index (χ1n) is 8.76. The van der Waals surface area contributed by atoms with E-state index in [4.69, 9.17) is 20.8 Å². The van der Waals surface area contributed by atoms with Crippen LogP contribution in [0.3, 0.4) is 0 Å². The van der Waals surface area contributed by atoms with Gasteiger partial charge in [-0.2, -0.15) is 0 Å². The molecule has 1 atom stereocenters. The number of carbonyl (C=O) groups is 1. The smallest absolute Gasteiger partial charge is 0.315 e. The molecule has 0 saturated carbocycles. The number of furan rings is 1. The molecule has 1 aromatic heterocycles. The number of ether oxygens (including phenoxy) is 1. The fourth-order valence-electron chi connectivity index (χ4n) is 3.00. The molecular formula is C19H24ClN3O3. The molecule has 2 N–H and O–H groups in total. The summed E-state index contributed by atoms with van der Waals surface area (Å²) in [4.78, 5) is 14.5. The monoisotopic (exact) mass is 377 g/mol. The fraction of sp³-hybridized carbons (Fsp3) is 0.421. The lowest BCUT2D eigenvalue weighted by atomic mass is 10.1. The number of halogens is 1. The lowest BCUT2D eigenvalue weighted by Gasteiger charge is -2.33. The van der Waals surface area contributed by atoms with E-state index in [0.717, 1.165) is 30.2 Å². The van der Waals surface area contributed by atoms with Gasteiger partial charge in [0.05, 0.1) is 19.3 Å². The van der Waals surface area contributed by atoms with E-state index in [0.29, 0.717) is 31.3 Å². The van der Waals surface area contributed by atoms with Gasteiger partial charge in [-0.05, 0) is 30.7 Å². The second kappa shape index (κ2) is 9.07. The van der Waals surface area contributed by atoms with Crippen LogP contribution in [0, 0.1) is 6.92 Å². The van der Waals surface area contributed by atoms with Crippen LogP contribution < -0.4 is 10.6 Å². The highest BCUT2D eigenvalue weighted by molar-refractivity contribution is 6.31. The van der Waals surface area contributed by atoms with Gasteiger partial charge < -0.3 is 19.8 Å². The number of nitrogens with zero attached hydrogens (tertiary/aromatic N) is 1. The highest BCUT2D eigenvalue weighted by Gasteiger charge is 2.25. The number of hydrogen-bond acceptors (Lipinski definition) is 4. The van der Waals surface area contributed by atoms with E-state index in [1.807, 2.05) is 43.3 Å². The zero-order valence-electron chi connectivity index (χ0n) is 14.8. The molecule has 7 heteroatoms. The summed E-state index contributed by atoms with van der Waals surface area (Å²) in [7, 11) is 0. The quantitative estimate of drug-likeness (QED) is 0.811. The number of rotatable bonds is 6. The molecule has 2 heterocycles. The van der Waals surface area contributed by atoms with Crippen LogP contribution in [0.15, 0.2) is 40.8 Å². The third-order valence-electron chi connectivity index (χ3n) is 4.43. The Labute approximate surface area is 158 Å². The minimum absolute atomic E-state index is 0.0151. The second-order valence-corrected chi connectivity index (χ2v) is 6.67. The largest absolute Gasteiger partial charge is 0.465 e. The van der Waals surface area contributed by atoms with Crippen LogP contribution in [-0.4, -0.2) is 43.8 Å². The molecule has 1 aliphatic rings. The first-order chi connectivity index (χ1) is 12.6. The van der Waals surface area contributed by atoms with Crippen molar-refractivity contribution in [1.29, 1.82) is 0 Å². The summed E-state index contributed by atoms with van der Waals surface area (Å²) in [5.41, 5.74) is 0.885. The van der Waals surface area contributed by atoms with E-state index in [-0.39, 0.29) is 12.1 Å². The Morgan fingerprint density at radius 2 is 1.96 bits per heavy atom. The normalized spacial score (nSPS) is 16.2. The van der Waals surface area contributed by atoms with Gasteiger partial charge in [-0.25, -0.2) is 4.79 Å². The molecule has 2 aromatic rings. The van der Waals surface area contributed by atoms with Crippen LogP contribution in [-0.2, 0) is 11.3 Å². The molecule has 0 radical (unpaired) electrons. The van der Waals surface area contributed by atoms with Crippen molar-refractivity contribution in [3.8, 4) is 0 Å². The van der Waals surface area contributed by atoms with E-state index >= 15 is 0 Å². The zero-order chi connectivity index (χ0) is 18.4. The van der Waals surface area contributed by atoms with Gasteiger partial charge in [0.15, 0.2) is 0 Å². The number of aryl methyl sites for hydroxylation is 1. The molecule has 140 valence electrons. The van der Waals surface area contributed by atoms with Gasteiger partial charge in [0.1, 0.15) is 11.5 Å². The summed E-state index contributed by atoms with van der Waals surface area (Å²) >= 11 is 6.12. The molecule has 3 rings (SSSR count). The maximum atomic E-state index is 12.2. The SMILES string of the molecule is Cc1ccc(C(CNC(=O)NCc2ccccc2Cl)N2CCOCC2)o1. The van der Waals surface area contributed by atoms with E-state index in [2.05, 4.69) is 15.5 Å². The van der Waals surface area contributed by atoms with Crippen molar-refractivity contribution >= 4 is 17.6 Å². The van der Waals surface area contributed by atoms with Gasteiger partial charge in [0.2, 0.25) is 0 Å². The Morgan fingerprint density at radius 1 is 1.19 bits per heavy atom. The molecule has 1 aromatic carbocycles. The molecule has 6 nitrogen and oxygen atoms in total. The number of benzene rings is 1. The average molecular weight is 378 g/mol. The average Bonchev–Trinajstić information content (AvgIpc) is 3.08. The molecule has 0 aliphatic carbocycles. The van der Waals surface area contributed by atoms with Crippen molar-refractivity contribution < 1.29 is 13.9 Å². The lowest BCUT2D eigenvalue weighted by Crippen LogP contribution is -2.45. The Balaban J connectivity index is 1.56. The van der Waals surface area contributed by atoms with Gasteiger partial charge in [0, 0.05) is 31.2 Å². The fourth-order valence-corrected chi connectivity index (χ4v) is 3.20. The third-order valence-corrected chi connectivity index (χ3v) is 4.80. The van der Waals surface area contributed by atoms with Gasteiger partial charge in [-0.3, -0.25) is 4.90 Å². The predicted octanol–water partition coefficient (Wildman–Crippen LogP) is 3.11. The van der Waals surface area contributed by atoms with Crippen molar-refractivity contribution in [1.82, 2.24) is 15.5 Å². The molecule has 0 spiro atoms. The van der Waals surface area contributed by atoms with Crippen molar-refractivity contribution in [2.45, 2.75) is 19.5 Å². The standard InChI is InChI=1S/C19H24ClN3O3/c1-14-6-7-18(26-14)17(23-8-10-25-11-9-23)13-22-19(24)21-12-15-4-2-3-5-16(15)20/h2-7,17H,8-13H2,1H3,(H2,21,22,24). The van der Waals surface area contributed by atoms with Crippen molar-refractivity contribution in [3.63, 3.8) is 0 Å².